The number of hydrogen-bond acceptors (Lipinski definition) is 4. The van der Waals surface area contributed by atoms with Crippen LogP contribution in [0.3, 0.4) is 0 Å². The van der Waals surface area contributed by atoms with Crippen molar-refractivity contribution < 1.29 is 9.18 Å². The number of aryl methyl sites for hydroxylation is 1. The number of aromatic nitrogens is 2. The number of nitrogens with one attached hydrogen (secondary N) is 1. The molecule has 3 aromatic rings. The zero-order chi connectivity index (χ0) is 19.3. The van der Waals surface area contributed by atoms with Crippen LogP contribution in [0.25, 0.3) is 11.3 Å². The molecule has 27 heavy (non-hydrogen) atoms. The first-order valence-electron chi connectivity index (χ1n) is 8.94. The second-order valence-electron chi connectivity index (χ2n) is 7.74. The minimum atomic E-state index is -0.310. The summed E-state index contributed by atoms with van der Waals surface area (Å²) in [6, 6.07) is 6.44. The SMILES string of the molecule is CNc1c(C=O)c(-c2cccc(F)c2)n2c1C(c1nc(C)cs1)C(C)(C)C2. The van der Waals surface area contributed by atoms with E-state index in [1.54, 1.807) is 17.4 Å². The number of aldehydes is 1. The highest BCUT2D eigenvalue weighted by Crippen LogP contribution is 2.54. The van der Waals surface area contributed by atoms with Crippen molar-refractivity contribution in [2.24, 2.45) is 5.41 Å². The summed E-state index contributed by atoms with van der Waals surface area (Å²) >= 11 is 1.65. The summed E-state index contributed by atoms with van der Waals surface area (Å²) in [5.41, 5.74) is 4.86. The fraction of sp³-hybridized carbons (Fsp3) is 0.333. The standard InChI is InChI=1S/C21H22FN3OS/c1-12-10-27-20(24-12)16-19-17(23-4)15(9-26)18(25(19)11-21(16,2)3)13-6-5-7-14(22)8-13/h5-10,16,23H,11H2,1-4H3. The lowest BCUT2D eigenvalue weighted by Crippen LogP contribution is -2.20. The van der Waals surface area contributed by atoms with Crippen molar-refractivity contribution in [3.8, 4) is 11.3 Å². The molecule has 0 aliphatic carbocycles. The number of benzene rings is 1. The second-order valence-corrected chi connectivity index (χ2v) is 8.63. The van der Waals surface area contributed by atoms with Gasteiger partial charge >= 0.3 is 0 Å². The molecule has 2 aromatic heterocycles. The van der Waals surface area contributed by atoms with E-state index in [1.807, 2.05) is 20.0 Å². The number of fused-ring (bicyclic) bond motifs is 1. The van der Waals surface area contributed by atoms with Gasteiger partial charge in [0.1, 0.15) is 10.8 Å². The third-order valence-corrected chi connectivity index (χ3v) is 6.34. The molecule has 3 heterocycles. The first-order valence-corrected chi connectivity index (χ1v) is 9.82. The van der Waals surface area contributed by atoms with Crippen LogP contribution in [0.4, 0.5) is 10.1 Å². The number of anilines is 1. The summed E-state index contributed by atoms with van der Waals surface area (Å²) in [6.45, 7) is 7.17. The Balaban J connectivity index is 2.02. The zero-order valence-electron chi connectivity index (χ0n) is 15.8. The van der Waals surface area contributed by atoms with Crippen LogP contribution in [0.15, 0.2) is 29.6 Å². The lowest BCUT2D eigenvalue weighted by molar-refractivity contribution is 0.112. The number of carbonyl (C=O) groups is 1. The van der Waals surface area contributed by atoms with Crippen LogP contribution >= 0.6 is 11.3 Å². The number of nitrogens with zero attached hydrogens (tertiary/aromatic N) is 2. The molecule has 0 spiro atoms. The summed E-state index contributed by atoms with van der Waals surface area (Å²) in [6.07, 6.45) is 0.870. The molecule has 4 nitrogen and oxygen atoms in total. The maximum Gasteiger partial charge on any atom is 0.154 e. The first-order chi connectivity index (χ1) is 12.9. The third kappa shape index (κ3) is 2.70. The fourth-order valence-electron chi connectivity index (χ4n) is 4.27. The van der Waals surface area contributed by atoms with E-state index >= 15 is 0 Å². The average molecular weight is 383 g/mol. The van der Waals surface area contributed by atoms with Gasteiger partial charge in [-0.1, -0.05) is 26.0 Å². The Bertz CT molecular complexity index is 1030. The van der Waals surface area contributed by atoms with Crippen molar-refractivity contribution in [3.05, 3.63) is 57.4 Å². The molecule has 1 aromatic carbocycles. The summed E-state index contributed by atoms with van der Waals surface area (Å²) < 4.78 is 16.1. The van der Waals surface area contributed by atoms with E-state index in [9.17, 15) is 9.18 Å². The molecule has 1 aliphatic heterocycles. The van der Waals surface area contributed by atoms with E-state index in [0.717, 1.165) is 40.6 Å². The smallest absolute Gasteiger partial charge is 0.154 e. The van der Waals surface area contributed by atoms with E-state index in [2.05, 4.69) is 29.1 Å². The molecule has 0 radical (unpaired) electrons. The molecule has 0 bridgehead atoms. The minimum Gasteiger partial charge on any atom is -0.386 e. The number of hydrogen-bond donors (Lipinski definition) is 1. The van der Waals surface area contributed by atoms with Crippen molar-refractivity contribution in [1.29, 1.82) is 0 Å². The third-order valence-electron chi connectivity index (χ3n) is 5.31. The topological polar surface area (TPSA) is 46.9 Å². The van der Waals surface area contributed by atoms with Gasteiger partial charge in [0.2, 0.25) is 0 Å². The molecule has 0 amide bonds. The molecule has 0 saturated heterocycles. The van der Waals surface area contributed by atoms with Crippen molar-refractivity contribution in [3.63, 3.8) is 0 Å². The van der Waals surface area contributed by atoms with Crippen LogP contribution < -0.4 is 5.32 Å². The Morgan fingerprint density at radius 1 is 1.41 bits per heavy atom. The van der Waals surface area contributed by atoms with Gasteiger partial charge in [-0.3, -0.25) is 4.79 Å². The van der Waals surface area contributed by atoms with Crippen LogP contribution in [0, 0.1) is 18.2 Å². The van der Waals surface area contributed by atoms with E-state index in [-0.39, 0.29) is 17.2 Å². The quantitative estimate of drug-likeness (QED) is 0.639. The maximum absolute atomic E-state index is 13.9. The summed E-state index contributed by atoms with van der Waals surface area (Å²) in [4.78, 5) is 16.8. The van der Waals surface area contributed by atoms with Gasteiger partial charge in [-0.05, 0) is 24.5 Å². The van der Waals surface area contributed by atoms with Gasteiger partial charge < -0.3 is 9.88 Å². The van der Waals surface area contributed by atoms with Crippen molar-refractivity contribution in [1.82, 2.24) is 9.55 Å². The minimum absolute atomic E-state index is 0.0691. The lowest BCUT2D eigenvalue weighted by Gasteiger charge is -2.25. The predicted molar refractivity (Wildman–Crippen MR) is 107 cm³/mol. The van der Waals surface area contributed by atoms with Gasteiger partial charge in [0.15, 0.2) is 6.29 Å². The number of rotatable bonds is 4. The highest BCUT2D eigenvalue weighted by molar-refractivity contribution is 7.09. The Morgan fingerprint density at radius 3 is 2.78 bits per heavy atom. The van der Waals surface area contributed by atoms with E-state index < -0.39 is 0 Å². The summed E-state index contributed by atoms with van der Waals surface area (Å²) in [7, 11) is 1.83. The van der Waals surface area contributed by atoms with Crippen molar-refractivity contribution in [2.45, 2.75) is 33.2 Å². The molecule has 4 rings (SSSR count). The van der Waals surface area contributed by atoms with E-state index in [1.165, 1.54) is 12.1 Å². The molecule has 0 fully saturated rings. The summed E-state index contributed by atoms with van der Waals surface area (Å²) in [5, 5.41) is 6.34. The Kier molecular flexibility index (Phi) is 4.18. The summed E-state index contributed by atoms with van der Waals surface area (Å²) in [5.74, 6) is -0.241. The molecule has 0 saturated carbocycles. The average Bonchev–Trinajstić information content (AvgIpc) is 3.23. The van der Waals surface area contributed by atoms with Crippen LogP contribution in [0.2, 0.25) is 0 Å². The zero-order valence-corrected chi connectivity index (χ0v) is 16.7. The number of carbonyl (C=O) groups excluding carboxylic acids is 1. The van der Waals surface area contributed by atoms with Crippen LogP contribution in [0.5, 0.6) is 0 Å². The largest absolute Gasteiger partial charge is 0.386 e. The molecule has 1 atom stereocenters. The Labute approximate surface area is 162 Å². The molecule has 6 heteroatoms. The molecule has 1 N–H and O–H groups in total. The van der Waals surface area contributed by atoms with Crippen molar-refractivity contribution in [2.75, 3.05) is 12.4 Å². The van der Waals surface area contributed by atoms with Gasteiger partial charge in [0.05, 0.1) is 28.6 Å². The Morgan fingerprint density at radius 2 is 2.19 bits per heavy atom. The molecule has 1 aliphatic rings. The second kappa shape index (κ2) is 6.30. The highest BCUT2D eigenvalue weighted by atomic mass is 32.1. The van der Waals surface area contributed by atoms with Gasteiger partial charge in [0, 0.05) is 30.2 Å². The Hall–Kier alpha value is -2.47. The van der Waals surface area contributed by atoms with Gasteiger partial charge in [-0.25, -0.2) is 9.37 Å². The van der Waals surface area contributed by atoms with Crippen LogP contribution in [-0.2, 0) is 6.54 Å². The molecule has 1 unspecified atom stereocenters. The van der Waals surface area contributed by atoms with Gasteiger partial charge in [0.25, 0.3) is 0 Å². The molecule has 140 valence electrons. The fourth-order valence-corrected chi connectivity index (χ4v) is 5.38. The monoisotopic (exact) mass is 383 g/mol. The predicted octanol–water partition coefficient (Wildman–Crippen LogP) is 5.09. The van der Waals surface area contributed by atoms with Crippen LogP contribution in [0.1, 0.15) is 46.5 Å². The van der Waals surface area contributed by atoms with Crippen LogP contribution in [-0.4, -0.2) is 22.9 Å². The normalized spacial score (nSPS) is 17.7. The molecular weight excluding hydrogens is 361 g/mol. The first kappa shape index (κ1) is 17.9. The number of halogens is 1. The number of thiazole rings is 1. The van der Waals surface area contributed by atoms with E-state index in [4.69, 9.17) is 4.98 Å². The lowest BCUT2D eigenvalue weighted by atomic mass is 9.79. The molecular formula is C21H22FN3OS. The van der Waals surface area contributed by atoms with Gasteiger partial charge in [-0.2, -0.15) is 0 Å². The van der Waals surface area contributed by atoms with Crippen molar-refractivity contribution >= 4 is 23.3 Å². The highest BCUT2D eigenvalue weighted by Gasteiger charge is 2.46. The van der Waals surface area contributed by atoms with Gasteiger partial charge in [-0.15, -0.1) is 11.3 Å². The van der Waals surface area contributed by atoms with E-state index in [0.29, 0.717) is 11.1 Å². The maximum atomic E-state index is 13.9.